The lowest BCUT2D eigenvalue weighted by molar-refractivity contribution is -0.0151. The van der Waals surface area contributed by atoms with Gasteiger partial charge in [-0.05, 0) is 24.2 Å². The summed E-state index contributed by atoms with van der Waals surface area (Å²) in [5.41, 5.74) is 0.257. The van der Waals surface area contributed by atoms with Crippen molar-refractivity contribution >= 4 is 31.1 Å². The summed E-state index contributed by atoms with van der Waals surface area (Å²) in [7, 11) is -1.98. The zero-order valence-corrected chi connectivity index (χ0v) is 17.0. The third-order valence-electron chi connectivity index (χ3n) is 4.90. The average Bonchev–Trinajstić information content (AvgIpc) is 3.07. The van der Waals surface area contributed by atoms with E-state index in [0.717, 1.165) is 0 Å². The fourth-order valence-corrected chi connectivity index (χ4v) is 3.57. The van der Waals surface area contributed by atoms with Crippen molar-refractivity contribution in [2.75, 3.05) is 6.61 Å². The lowest BCUT2D eigenvalue weighted by Crippen LogP contribution is -2.42. The predicted octanol–water partition coefficient (Wildman–Crippen LogP) is 4.39. The van der Waals surface area contributed by atoms with E-state index in [-0.39, 0.29) is 28.0 Å². The van der Waals surface area contributed by atoms with E-state index in [1.807, 2.05) is 0 Å². The second-order valence-corrected chi connectivity index (χ2v) is 12.9. The molecule has 0 saturated carbocycles. The molecule has 0 bridgehead atoms. The van der Waals surface area contributed by atoms with Crippen LogP contribution in [0.15, 0.2) is 18.2 Å². The van der Waals surface area contributed by atoms with Gasteiger partial charge >= 0.3 is 6.08 Å². The number of hydrogen-bond donors (Lipinski definition) is 0. The van der Waals surface area contributed by atoms with Crippen LogP contribution < -0.4 is 0 Å². The van der Waals surface area contributed by atoms with E-state index in [1.54, 1.807) is 0 Å². The van der Waals surface area contributed by atoms with Gasteiger partial charge in [0, 0.05) is 0 Å². The summed E-state index contributed by atoms with van der Waals surface area (Å²) < 4.78 is 41.0. The van der Waals surface area contributed by atoms with Crippen molar-refractivity contribution < 1.29 is 17.9 Å². The van der Waals surface area contributed by atoms with E-state index < -0.39 is 32.6 Å². The first kappa shape index (κ1) is 19.3. The molecule has 0 spiro atoms. The second kappa shape index (κ2) is 6.63. The van der Waals surface area contributed by atoms with Gasteiger partial charge in [0.15, 0.2) is 25.3 Å². The van der Waals surface area contributed by atoms with Crippen molar-refractivity contribution in [3.63, 3.8) is 0 Å². The van der Waals surface area contributed by atoms with E-state index in [1.165, 1.54) is 17.0 Å². The van der Waals surface area contributed by atoms with E-state index in [0.29, 0.717) is 0 Å². The molecule has 0 aromatic carbocycles. The fourth-order valence-electron chi connectivity index (χ4n) is 2.35. The number of hydrogen-bond acceptors (Lipinski definition) is 5. The summed E-state index contributed by atoms with van der Waals surface area (Å²) in [6.45, 7) is 10.9. The van der Waals surface area contributed by atoms with Gasteiger partial charge in [0.05, 0.1) is 12.9 Å². The quantitative estimate of drug-likeness (QED) is 0.431. The van der Waals surface area contributed by atoms with Gasteiger partial charge in [0.1, 0.15) is 17.4 Å². The zero-order valence-electron chi connectivity index (χ0n) is 15.3. The van der Waals surface area contributed by atoms with Crippen LogP contribution in [0, 0.1) is 6.08 Å². The van der Waals surface area contributed by atoms with Gasteiger partial charge in [-0.15, -0.1) is 0 Å². The maximum absolute atomic E-state index is 14.5. The molecule has 0 amide bonds. The van der Waals surface area contributed by atoms with Crippen LogP contribution >= 0.6 is 11.6 Å². The summed E-state index contributed by atoms with van der Waals surface area (Å²) >= 11 is 5.86. The normalized spacial score (nSPS) is 21.5. The first-order valence-corrected chi connectivity index (χ1v) is 11.5. The van der Waals surface area contributed by atoms with Crippen LogP contribution in [0.2, 0.25) is 23.3 Å². The van der Waals surface area contributed by atoms with Gasteiger partial charge in [-0.2, -0.15) is 14.4 Å². The number of aromatic nitrogens is 4. The molecule has 2 aromatic rings. The molecule has 0 saturated heterocycles. The molecule has 6 nitrogen and oxygen atoms in total. The van der Waals surface area contributed by atoms with E-state index in [2.05, 4.69) is 48.8 Å². The maximum atomic E-state index is 14.5. The second-order valence-electron chi connectivity index (χ2n) is 7.76. The van der Waals surface area contributed by atoms with Crippen molar-refractivity contribution in [2.45, 2.75) is 51.2 Å². The van der Waals surface area contributed by atoms with E-state index >= 15 is 0 Å². The van der Waals surface area contributed by atoms with E-state index in [9.17, 15) is 8.78 Å². The Bertz CT molecular complexity index is 866. The molecule has 1 aliphatic heterocycles. The molecular weight excluding hydrogens is 382 g/mol. The topological polar surface area (TPSA) is 62.1 Å². The first-order chi connectivity index (χ1) is 12.0. The minimum Gasteiger partial charge on any atom is -0.414 e. The zero-order chi connectivity index (χ0) is 19.3. The van der Waals surface area contributed by atoms with Crippen molar-refractivity contribution in [3.8, 4) is 0 Å². The molecule has 0 radical (unpaired) electrons. The fraction of sp³-hybridized carbons (Fsp3) is 0.562. The van der Waals surface area contributed by atoms with Crippen molar-refractivity contribution in [3.05, 3.63) is 29.5 Å². The van der Waals surface area contributed by atoms with Crippen molar-refractivity contribution in [2.24, 2.45) is 0 Å². The Hall–Kier alpha value is -1.42. The van der Waals surface area contributed by atoms with Crippen molar-refractivity contribution in [1.82, 2.24) is 19.5 Å². The van der Waals surface area contributed by atoms with Crippen LogP contribution in [-0.4, -0.2) is 40.5 Å². The minimum atomic E-state index is -1.98. The van der Waals surface area contributed by atoms with Crippen LogP contribution in [-0.2, 0) is 9.16 Å². The standard InChI is InChI=1S/C16H21ClF2N4O2Si/c1-16(2,3)26(4,5)24-7-9-6-10(18)14(25-9)23-8-20-11-12(17)21-15(19)22-13(11)23/h6,8-9,14H,7H2,1-5H3/t9-,14+/m1/s1. The van der Waals surface area contributed by atoms with Gasteiger partial charge in [0.2, 0.25) is 0 Å². The number of nitrogens with zero attached hydrogens (tertiary/aromatic N) is 4. The van der Waals surface area contributed by atoms with Gasteiger partial charge < -0.3 is 9.16 Å². The molecule has 0 fully saturated rings. The number of ether oxygens (including phenoxy) is 1. The van der Waals surface area contributed by atoms with Gasteiger partial charge in [0.25, 0.3) is 0 Å². The molecule has 10 heteroatoms. The third-order valence-corrected chi connectivity index (χ3v) is 9.67. The Morgan fingerprint density at radius 3 is 2.65 bits per heavy atom. The Morgan fingerprint density at radius 2 is 2.00 bits per heavy atom. The number of fused-ring (bicyclic) bond motifs is 1. The van der Waals surface area contributed by atoms with Crippen LogP contribution in [0.5, 0.6) is 0 Å². The van der Waals surface area contributed by atoms with Gasteiger partial charge in [-0.3, -0.25) is 4.57 Å². The lowest BCUT2D eigenvalue weighted by Gasteiger charge is -2.36. The third kappa shape index (κ3) is 3.53. The summed E-state index contributed by atoms with van der Waals surface area (Å²) in [5.74, 6) is -0.511. The summed E-state index contributed by atoms with van der Waals surface area (Å²) in [5, 5.41) is -0.0922. The number of imidazole rings is 1. The molecule has 3 heterocycles. The summed E-state index contributed by atoms with van der Waals surface area (Å²) in [4.78, 5) is 11.1. The molecule has 0 N–H and O–H groups in total. The molecule has 142 valence electrons. The van der Waals surface area contributed by atoms with Crippen LogP contribution in [0.25, 0.3) is 11.2 Å². The minimum absolute atomic E-state index is 0.0407. The highest BCUT2D eigenvalue weighted by atomic mass is 35.5. The Kier molecular flexibility index (Phi) is 4.93. The van der Waals surface area contributed by atoms with E-state index in [4.69, 9.17) is 20.8 Å². The molecular formula is C16H21ClF2N4O2Si. The maximum Gasteiger partial charge on any atom is 0.312 e. The molecule has 0 unspecified atom stereocenters. The van der Waals surface area contributed by atoms with Crippen LogP contribution in [0.1, 0.15) is 27.0 Å². The highest BCUT2D eigenvalue weighted by molar-refractivity contribution is 6.74. The number of rotatable bonds is 4. The molecule has 0 aliphatic carbocycles. The highest BCUT2D eigenvalue weighted by Crippen LogP contribution is 2.38. The number of halogens is 3. The molecule has 1 aliphatic rings. The largest absolute Gasteiger partial charge is 0.414 e. The molecule has 2 atom stereocenters. The SMILES string of the molecule is CC(C)(C)[Si](C)(C)OC[C@H]1C=C(F)[C@@H](n2cnc3c(Cl)nc(F)nc32)O1. The van der Waals surface area contributed by atoms with Gasteiger partial charge in [-0.25, -0.2) is 9.37 Å². The van der Waals surface area contributed by atoms with Gasteiger partial charge in [-0.1, -0.05) is 32.4 Å². The Balaban J connectivity index is 1.78. The molecule has 26 heavy (non-hydrogen) atoms. The molecule has 2 aromatic heterocycles. The first-order valence-electron chi connectivity index (χ1n) is 8.22. The smallest absolute Gasteiger partial charge is 0.312 e. The monoisotopic (exact) mass is 402 g/mol. The Morgan fingerprint density at radius 1 is 1.31 bits per heavy atom. The lowest BCUT2D eigenvalue weighted by atomic mass is 10.2. The summed E-state index contributed by atoms with van der Waals surface area (Å²) in [6, 6.07) is 0. The van der Waals surface area contributed by atoms with Crippen LogP contribution in [0.3, 0.4) is 0 Å². The molecule has 3 rings (SSSR count). The average molecular weight is 403 g/mol. The Labute approximate surface area is 156 Å². The predicted molar refractivity (Wildman–Crippen MR) is 96.5 cm³/mol. The highest BCUT2D eigenvalue weighted by Gasteiger charge is 2.39. The summed E-state index contributed by atoms with van der Waals surface area (Å²) in [6.07, 6.45) is 0.0272. The van der Waals surface area contributed by atoms with Crippen LogP contribution in [0.4, 0.5) is 8.78 Å². The van der Waals surface area contributed by atoms with Crippen molar-refractivity contribution in [1.29, 1.82) is 0 Å².